The Morgan fingerprint density at radius 3 is 2.14 bits per heavy atom. The van der Waals surface area contributed by atoms with Crippen molar-refractivity contribution in [2.75, 3.05) is 12.5 Å². The molecule has 1 atom stereocenters. The first-order chi connectivity index (χ1) is 10.4. The lowest BCUT2D eigenvalue weighted by molar-refractivity contribution is 0.238. The van der Waals surface area contributed by atoms with Gasteiger partial charge in [0.2, 0.25) is 0 Å². The number of thioether (sulfide) groups is 1. The van der Waals surface area contributed by atoms with Crippen LogP contribution in [0.1, 0.15) is 17.2 Å². The molecule has 0 saturated heterocycles. The fourth-order valence-electron chi connectivity index (χ4n) is 1.81. The van der Waals surface area contributed by atoms with Crippen LogP contribution in [-0.2, 0) is 9.84 Å². The average molecular weight is 332 g/mol. The molecule has 0 aliphatic rings. The van der Waals surface area contributed by atoms with E-state index < -0.39 is 15.9 Å². The number of rotatable bonds is 3. The molecule has 0 amide bonds. The second-order valence-electron chi connectivity index (χ2n) is 4.74. The lowest BCUT2D eigenvalue weighted by Crippen LogP contribution is -1.96. The Hall–Kier alpha value is -1.74. The lowest BCUT2D eigenvalue weighted by Gasteiger charge is -2.04. The molecule has 0 radical (unpaired) electrons. The summed E-state index contributed by atoms with van der Waals surface area (Å²) in [6.45, 7) is 0. The van der Waals surface area contributed by atoms with Gasteiger partial charge in [0, 0.05) is 16.7 Å². The summed E-state index contributed by atoms with van der Waals surface area (Å²) < 4.78 is 22.7. The summed E-state index contributed by atoms with van der Waals surface area (Å²) in [4.78, 5) is 1.38. The third-order valence-corrected chi connectivity index (χ3v) is 4.94. The van der Waals surface area contributed by atoms with Crippen LogP contribution >= 0.6 is 11.8 Å². The van der Waals surface area contributed by atoms with E-state index in [1.165, 1.54) is 12.1 Å². The average Bonchev–Trinajstić information content (AvgIpc) is 2.52. The fourth-order valence-corrected chi connectivity index (χ4v) is 2.85. The largest absolute Gasteiger partial charge is 0.376 e. The van der Waals surface area contributed by atoms with E-state index in [1.54, 1.807) is 23.9 Å². The van der Waals surface area contributed by atoms with Crippen molar-refractivity contribution in [1.82, 2.24) is 0 Å². The zero-order chi connectivity index (χ0) is 16.2. The molecule has 2 rings (SSSR count). The number of hydrogen-bond acceptors (Lipinski definition) is 4. The van der Waals surface area contributed by atoms with Crippen molar-refractivity contribution in [3.8, 4) is 11.8 Å². The van der Waals surface area contributed by atoms with E-state index in [2.05, 4.69) is 11.8 Å². The van der Waals surface area contributed by atoms with E-state index in [9.17, 15) is 13.5 Å². The minimum absolute atomic E-state index is 0.256. The molecule has 3 nitrogen and oxygen atoms in total. The maximum Gasteiger partial charge on any atom is 0.175 e. The zero-order valence-electron chi connectivity index (χ0n) is 12.3. The van der Waals surface area contributed by atoms with Crippen LogP contribution in [0.25, 0.3) is 0 Å². The zero-order valence-corrected chi connectivity index (χ0v) is 13.9. The highest BCUT2D eigenvalue weighted by molar-refractivity contribution is 7.98. The van der Waals surface area contributed by atoms with Crippen LogP contribution in [0.15, 0.2) is 58.3 Å². The van der Waals surface area contributed by atoms with Gasteiger partial charge in [-0.3, -0.25) is 0 Å². The molecule has 0 fully saturated rings. The highest BCUT2D eigenvalue weighted by Crippen LogP contribution is 2.18. The van der Waals surface area contributed by atoms with Gasteiger partial charge in [-0.1, -0.05) is 24.0 Å². The van der Waals surface area contributed by atoms with Crippen LogP contribution in [0.5, 0.6) is 0 Å². The van der Waals surface area contributed by atoms with Gasteiger partial charge in [-0.25, -0.2) is 8.42 Å². The Morgan fingerprint density at radius 2 is 1.64 bits per heavy atom. The van der Waals surface area contributed by atoms with E-state index in [0.29, 0.717) is 5.56 Å². The standard InChI is InChI=1S/C17H16O3S2/c1-21-15-8-6-14(7-9-15)17(18)12-5-13-3-10-16(11-4-13)22(2,19)20/h3-4,6-11,17-18H,1-2H3. The lowest BCUT2D eigenvalue weighted by atomic mass is 10.1. The van der Waals surface area contributed by atoms with Crippen molar-refractivity contribution in [1.29, 1.82) is 0 Å². The first kappa shape index (κ1) is 16.6. The van der Waals surface area contributed by atoms with Gasteiger partial charge in [0.05, 0.1) is 4.90 Å². The minimum atomic E-state index is -3.20. The van der Waals surface area contributed by atoms with Crippen molar-refractivity contribution >= 4 is 21.6 Å². The number of benzene rings is 2. The van der Waals surface area contributed by atoms with Gasteiger partial charge < -0.3 is 5.11 Å². The van der Waals surface area contributed by atoms with Crippen LogP contribution in [0, 0.1) is 11.8 Å². The SMILES string of the molecule is CSc1ccc(C(O)C#Cc2ccc(S(C)(=O)=O)cc2)cc1. The summed E-state index contributed by atoms with van der Waals surface area (Å²) in [5, 5.41) is 10.1. The topological polar surface area (TPSA) is 54.4 Å². The fraction of sp³-hybridized carbons (Fsp3) is 0.176. The van der Waals surface area contributed by atoms with Crippen LogP contribution in [-0.4, -0.2) is 26.0 Å². The number of aliphatic hydroxyl groups is 1. The maximum atomic E-state index is 11.4. The van der Waals surface area contributed by atoms with Gasteiger partial charge in [0.25, 0.3) is 0 Å². The van der Waals surface area contributed by atoms with Crippen molar-refractivity contribution in [3.05, 3.63) is 59.7 Å². The van der Waals surface area contributed by atoms with Gasteiger partial charge >= 0.3 is 0 Å². The Kier molecular flexibility index (Phi) is 5.30. The molecule has 1 N–H and O–H groups in total. The predicted molar refractivity (Wildman–Crippen MR) is 89.6 cm³/mol. The van der Waals surface area contributed by atoms with Crippen LogP contribution < -0.4 is 0 Å². The summed E-state index contributed by atoms with van der Waals surface area (Å²) in [5.41, 5.74) is 1.39. The molecule has 114 valence electrons. The number of sulfone groups is 1. The molecule has 22 heavy (non-hydrogen) atoms. The molecule has 0 heterocycles. The summed E-state index contributed by atoms with van der Waals surface area (Å²) in [5.74, 6) is 5.61. The van der Waals surface area contributed by atoms with E-state index in [0.717, 1.165) is 16.7 Å². The monoisotopic (exact) mass is 332 g/mol. The van der Waals surface area contributed by atoms with Crippen LogP contribution in [0.4, 0.5) is 0 Å². The molecule has 5 heteroatoms. The Bertz CT molecular complexity index is 796. The maximum absolute atomic E-state index is 11.4. The summed E-state index contributed by atoms with van der Waals surface area (Å²) in [6, 6.07) is 13.9. The predicted octanol–water partition coefficient (Wildman–Crippen LogP) is 2.90. The molecule has 0 aliphatic heterocycles. The molecule has 2 aromatic carbocycles. The molecule has 2 aromatic rings. The van der Waals surface area contributed by atoms with E-state index in [1.807, 2.05) is 30.5 Å². The van der Waals surface area contributed by atoms with E-state index in [-0.39, 0.29) is 4.90 Å². The van der Waals surface area contributed by atoms with E-state index >= 15 is 0 Å². The van der Waals surface area contributed by atoms with Crippen LogP contribution in [0.2, 0.25) is 0 Å². The van der Waals surface area contributed by atoms with Gasteiger partial charge in [-0.05, 0) is 48.2 Å². The molecule has 0 bridgehead atoms. The van der Waals surface area contributed by atoms with Crippen molar-refractivity contribution in [2.24, 2.45) is 0 Å². The molecule has 0 saturated carbocycles. The molecular formula is C17H16O3S2. The second kappa shape index (κ2) is 7.01. The second-order valence-corrected chi connectivity index (χ2v) is 7.64. The van der Waals surface area contributed by atoms with Crippen molar-refractivity contribution < 1.29 is 13.5 Å². The highest BCUT2D eigenvalue weighted by Gasteiger charge is 2.06. The van der Waals surface area contributed by atoms with E-state index in [4.69, 9.17) is 0 Å². The first-order valence-corrected chi connectivity index (χ1v) is 9.65. The van der Waals surface area contributed by atoms with Gasteiger partial charge in [0.15, 0.2) is 9.84 Å². The number of aliphatic hydroxyl groups excluding tert-OH is 1. The van der Waals surface area contributed by atoms with Gasteiger partial charge in [-0.15, -0.1) is 11.8 Å². The van der Waals surface area contributed by atoms with Crippen molar-refractivity contribution in [2.45, 2.75) is 15.9 Å². The third-order valence-electron chi connectivity index (χ3n) is 3.07. The molecule has 0 aromatic heterocycles. The quantitative estimate of drug-likeness (QED) is 0.694. The van der Waals surface area contributed by atoms with Gasteiger partial charge in [0.1, 0.15) is 6.10 Å². The minimum Gasteiger partial charge on any atom is -0.376 e. The van der Waals surface area contributed by atoms with Gasteiger partial charge in [-0.2, -0.15) is 0 Å². The third kappa shape index (κ3) is 4.38. The molecule has 0 aliphatic carbocycles. The Labute approximate surface area is 135 Å². The molecule has 1 unspecified atom stereocenters. The Balaban J connectivity index is 2.15. The summed E-state index contributed by atoms with van der Waals surface area (Å²) >= 11 is 1.64. The number of hydrogen-bond donors (Lipinski definition) is 1. The summed E-state index contributed by atoms with van der Waals surface area (Å²) in [6.07, 6.45) is 2.28. The molecule has 0 spiro atoms. The summed E-state index contributed by atoms with van der Waals surface area (Å²) in [7, 11) is -3.20. The first-order valence-electron chi connectivity index (χ1n) is 6.54. The van der Waals surface area contributed by atoms with Crippen LogP contribution in [0.3, 0.4) is 0 Å². The van der Waals surface area contributed by atoms with Crippen molar-refractivity contribution in [3.63, 3.8) is 0 Å². The normalized spacial score (nSPS) is 12.3. The Morgan fingerprint density at radius 1 is 1.05 bits per heavy atom. The highest BCUT2D eigenvalue weighted by atomic mass is 32.2. The molecular weight excluding hydrogens is 316 g/mol. The smallest absolute Gasteiger partial charge is 0.175 e.